The van der Waals surface area contributed by atoms with Gasteiger partial charge < -0.3 is 15.7 Å². The minimum Gasteiger partial charge on any atom is -0.396 e. The summed E-state index contributed by atoms with van der Waals surface area (Å²) in [5.74, 6) is -1.53. The number of para-hydroxylation sites is 1. The number of rotatable bonds is 4. The Morgan fingerprint density at radius 2 is 1.94 bits per heavy atom. The third kappa shape index (κ3) is 4.42. The topological polar surface area (TPSA) is 78.4 Å². The Morgan fingerprint density at radius 3 is 2.59 bits per heavy atom. The molecule has 1 aromatic rings. The predicted octanol–water partition coefficient (Wildman–Crippen LogP) is 0.777. The van der Waals surface area contributed by atoms with Crippen molar-refractivity contribution < 1.29 is 14.7 Å². The van der Waals surface area contributed by atoms with Gasteiger partial charge in [-0.05, 0) is 18.6 Å². The molecular formula is C11H13ClN2O3. The molecule has 5 nitrogen and oxygen atoms in total. The van der Waals surface area contributed by atoms with Gasteiger partial charge in [0, 0.05) is 13.2 Å². The summed E-state index contributed by atoms with van der Waals surface area (Å²) in [6.45, 7) is 0.220. The van der Waals surface area contributed by atoms with E-state index in [9.17, 15) is 9.59 Å². The van der Waals surface area contributed by atoms with Crippen molar-refractivity contribution in [2.75, 3.05) is 18.5 Å². The van der Waals surface area contributed by atoms with Crippen LogP contribution in [0.15, 0.2) is 24.3 Å². The molecule has 0 heterocycles. The maximum atomic E-state index is 11.4. The van der Waals surface area contributed by atoms with Gasteiger partial charge in [-0.25, -0.2) is 0 Å². The Labute approximate surface area is 104 Å². The first-order valence-corrected chi connectivity index (χ1v) is 5.47. The maximum absolute atomic E-state index is 11.4. The van der Waals surface area contributed by atoms with Crippen molar-refractivity contribution in [1.82, 2.24) is 5.32 Å². The van der Waals surface area contributed by atoms with E-state index in [4.69, 9.17) is 16.7 Å². The van der Waals surface area contributed by atoms with Gasteiger partial charge in [0.15, 0.2) is 0 Å². The van der Waals surface area contributed by atoms with Crippen molar-refractivity contribution in [3.8, 4) is 0 Å². The standard InChI is InChI=1S/C11H13ClN2O3/c12-8-4-1-2-5-9(8)14-11(17)10(16)13-6-3-7-15/h1-2,4-5,15H,3,6-7H2,(H,13,16)(H,14,17). The number of anilines is 1. The van der Waals surface area contributed by atoms with Crippen LogP contribution in [0.5, 0.6) is 0 Å². The van der Waals surface area contributed by atoms with Crippen molar-refractivity contribution >= 4 is 29.1 Å². The molecule has 17 heavy (non-hydrogen) atoms. The van der Waals surface area contributed by atoms with Gasteiger partial charge in [0.25, 0.3) is 0 Å². The van der Waals surface area contributed by atoms with Crippen molar-refractivity contribution in [3.05, 3.63) is 29.3 Å². The molecule has 0 spiro atoms. The Balaban J connectivity index is 2.49. The second-order valence-corrected chi connectivity index (χ2v) is 3.67. The Hall–Kier alpha value is -1.59. The van der Waals surface area contributed by atoms with Gasteiger partial charge >= 0.3 is 11.8 Å². The number of hydrogen-bond donors (Lipinski definition) is 3. The lowest BCUT2D eigenvalue weighted by Gasteiger charge is -2.07. The summed E-state index contributed by atoms with van der Waals surface area (Å²) in [5.41, 5.74) is 0.386. The third-order valence-electron chi connectivity index (χ3n) is 1.95. The summed E-state index contributed by atoms with van der Waals surface area (Å²) in [4.78, 5) is 22.7. The average Bonchev–Trinajstić information content (AvgIpc) is 2.32. The minimum atomic E-state index is -0.781. The highest BCUT2D eigenvalue weighted by atomic mass is 35.5. The molecule has 2 amide bonds. The first-order chi connectivity index (χ1) is 8.15. The van der Waals surface area contributed by atoms with Crippen LogP contribution in [-0.2, 0) is 9.59 Å². The van der Waals surface area contributed by atoms with Crippen LogP contribution in [0, 0.1) is 0 Å². The van der Waals surface area contributed by atoms with Crippen LogP contribution >= 0.6 is 11.6 Å². The number of nitrogens with one attached hydrogen (secondary N) is 2. The zero-order valence-corrected chi connectivity index (χ0v) is 9.83. The molecule has 0 bridgehead atoms. The molecule has 0 aliphatic carbocycles. The van der Waals surface area contributed by atoms with Gasteiger partial charge in [0.1, 0.15) is 0 Å². The van der Waals surface area contributed by atoms with Gasteiger partial charge in [-0.1, -0.05) is 23.7 Å². The number of aliphatic hydroxyl groups excluding tert-OH is 1. The first kappa shape index (κ1) is 13.5. The number of benzene rings is 1. The van der Waals surface area contributed by atoms with Crippen molar-refractivity contribution in [2.24, 2.45) is 0 Å². The van der Waals surface area contributed by atoms with Crippen LogP contribution in [-0.4, -0.2) is 30.1 Å². The van der Waals surface area contributed by atoms with Crippen LogP contribution in [0.1, 0.15) is 6.42 Å². The summed E-state index contributed by atoms with van der Waals surface area (Å²) < 4.78 is 0. The van der Waals surface area contributed by atoms with Crippen LogP contribution in [0.4, 0.5) is 5.69 Å². The number of aliphatic hydroxyl groups is 1. The number of carbonyl (C=O) groups excluding carboxylic acids is 2. The quantitative estimate of drug-likeness (QED) is 0.550. The Kier molecular flexibility index (Phi) is 5.45. The lowest BCUT2D eigenvalue weighted by molar-refractivity contribution is -0.136. The number of amides is 2. The van der Waals surface area contributed by atoms with E-state index < -0.39 is 11.8 Å². The molecule has 0 aliphatic heterocycles. The lowest BCUT2D eigenvalue weighted by atomic mass is 10.3. The molecule has 0 radical (unpaired) electrons. The van der Waals surface area contributed by atoms with E-state index in [1.165, 1.54) is 0 Å². The SMILES string of the molecule is O=C(NCCCO)C(=O)Nc1ccccc1Cl. The maximum Gasteiger partial charge on any atom is 0.313 e. The van der Waals surface area contributed by atoms with Crippen LogP contribution < -0.4 is 10.6 Å². The van der Waals surface area contributed by atoms with Crippen molar-refractivity contribution in [2.45, 2.75) is 6.42 Å². The molecular weight excluding hydrogens is 244 g/mol. The van der Waals surface area contributed by atoms with Gasteiger partial charge in [-0.2, -0.15) is 0 Å². The first-order valence-electron chi connectivity index (χ1n) is 5.09. The van der Waals surface area contributed by atoms with Gasteiger partial charge in [0.2, 0.25) is 0 Å². The van der Waals surface area contributed by atoms with Gasteiger partial charge in [-0.15, -0.1) is 0 Å². The molecule has 3 N–H and O–H groups in total. The van der Waals surface area contributed by atoms with Crippen molar-refractivity contribution in [3.63, 3.8) is 0 Å². The summed E-state index contributed by atoms with van der Waals surface area (Å²) in [6.07, 6.45) is 0.408. The fourth-order valence-electron chi connectivity index (χ4n) is 1.10. The third-order valence-corrected chi connectivity index (χ3v) is 2.28. The molecule has 1 aromatic carbocycles. The van der Waals surface area contributed by atoms with Crippen LogP contribution in [0.3, 0.4) is 0 Å². The van der Waals surface area contributed by atoms with Gasteiger partial charge in [-0.3, -0.25) is 9.59 Å². The number of halogens is 1. The zero-order chi connectivity index (χ0) is 12.7. The number of carbonyl (C=O) groups is 2. The molecule has 0 saturated heterocycles. The molecule has 0 aliphatic rings. The van der Waals surface area contributed by atoms with E-state index in [2.05, 4.69) is 10.6 Å². The Morgan fingerprint density at radius 1 is 1.24 bits per heavy atom. The molecule has 92 valence electrons. The molecule has 0 unspecified atom stereocenters. The number of hydrogen-bond acceptors (Lipinski definition) is 3. The van der Waals surface area contributed by atoms with Gasteiger partial charge in [0.05, 0.1) is 10.7 Å². The fourth-order valence-corrected chi connectivity index (χ4v) is 1.29. The Bertz CT molecular complexity index is 409. The molecule has 0 aromatic heterocycles. The smallest absolute Gasteiger partial charge is 0.313 e. The summed E-state index contributed by atoms with van der Waals surface area (Å²) in [6, 6.07) is 6.63. The van der Waals surface area contributed by atoms with E-state index in [1.54, 1.807) is 24.3 Å². The van der Waals surface area contributed by atoms with Crippen LogP contribution in [0.2, 0.25) is 5.02 Å². The monoisotopic (exact) mass is 256 g/mol. The zero-order valence-electron chi connectivity index (χ0n) is 9.07. The summed E-state index contributed by atoms with van der Waals surface area (Å²) in [5, 5.41) is 13.6. The van der Waals surface area contributed by atoms with E-state index in [0.717, 1.165) is 0 Å². The van der Waals surface area contributed by atoms with Crippen LogP contribution in [0.25, 0.3) is 0 Å². The van der Waals surface area contributed by atoms with Crippen molar-refractivity contribution in [1.29, 1.82) is 0 Å². The van der Waals surface area contributed by atoms with E-state index in [-0.39, 0.29) is 13.2 Å². The van der Waals surface area contributed by atoms with E-state index in [0.29, 0.717) is 17.1 Å². The highest BCUT2D eigenvalue weighted by molar-refractivity contribution is 6.41. The predicted molar refractivity (Wildman–Crippen MR) is 64.8 cm³/mol. The normalized spacial score (nSPS) is 9.76. The molecule has 6 heteroatoms. The second-order valence-electron chi connectivity index (χ2n) is 3.27. The molecule has 0 saturated carbocycles. The largest absolute Gasteiger partial charge is 0.396 e. The highest BCUT2D eigenvalue weighted by Gasteiger charge is 2.13. The highest BCUT2D eigenvalue weighted by Crippen LogP contribution is 2.19. The molecule has 1 rings (SSSR count). The fraction of sp³-hybridized carbons (Fsp3) is 0.273. The summed E-state index contributed by atoms with van der Waals surface area (Å²) >= 11 is 5.82. The molecule has 0 fully saturated rings. The second kappa shape index (κ2) is 6.88. The average molecular weight is 257 g/mol. The molecule has 0 atom stereocenters. The lowest BCUT2D eigenvalue weighted by Crippen LogP contribution is -2.36. The minimum absolute atomic E-state index is 0.0353. The summed E-state index contributed by atoms with van der Waals surface area (Å²) in [7, 11) is 0. The van der Waals surface area contributed by atoms with E-state index >= 15 is 0 Å². The van der Waals surface area contributed by atoms with E-state index in [1.807, 2.05) is 0 Å².